The first-order valence-corrected chi connectivity index (χ1v) is 11.7. The van der Waals surface area contributed by atoms with Gasteiger partial charge in [-0.1, -0.05) is 75.7 Å². The Labute approximate surface area is 199 Å². The fraction of sp³-hybridized carbons (Fsp3) is 0.444. The lowest BCUT2D eigenvalue weighted by molar-refractivity contribution is -0.154. The van der Waals surface area contributed by atoms with E-state index in [0.29, 0.717) is 12.8 Å². The second kappa shape index (κ2) is 9.12. The molecule has 1 saturated carbocycles. The highest BCUT2D eigenvalue weighted by Gasteiger charge is 2.45. The molecule has 2 aromatic rings. The van der Waals surface area contributed by atoms with Gasteiger partial charge in [0.05, 0.1) is 5.41 Å². The normalized spacial score (nSPS) is 17.0. The van der Waals surface area contributed by atoms with Gasteiger partial charge in [-0.25, -0.2) is 4.79 Å². The van der Waals surface area contributed by atoms with Gasteiger partial charge in [-0.15, -0.1) is 0 Å². The van der Waals surface area contributed by atoms with Gasteiger partial charge in [-0.2, -0.15) is 0 Å². The van der Waals surface area contributed by atoms with E-state index in [1.54, 1.807) is 0 Å². The first-order chi connectivity index (χ1) is 16.1. The average Bonchev–Trinajstić information content (AvgIpc) is 3.08. The number of amides is 2. The molecule has 7 heteroatoms. The molecule has 3 N–H and O–H groups in total. The minimum Gasteiger partial charge on any atom is -0.481 e. The molecule has 0 radical (unpaired) electrons. The summed E-state index contributed by atoms with van der Waals surface area (Å²) in [7, 11) is 0. The summed E-state index contributed by atoms with van der Waals surface area (Å²) in [5, 5.41) is 15.0. The van der Waals surface area contributed by atoms with Crippen molar-refractivity contribution in [1.29, 1.82) is 0 Å². The third kappa shape index (κ3) is 4.52. The number of hydrogen-bond donors (Lipinski definition) is 3. The van der Waals surface area contributed by atoms with E-state index in [2.05, 4.69) is 22.8 Å². The quantitative estimate of drug-likeness (QED) is 0.566. The van der Waals surface area contributed by atoms with Gasteiger partial charge >= 0.3 is 12.1 Å². The summed E-state index contributed by atoms with van der Waals surface area (Å²) in [4.78, 5) is 37.3. The van der Waals surface area contributed by atoms with E-state index in [1.165, 1.54) is 0 Å². The molecule has 0 spiro atoms. The van der Waals surface area contributed by atoms with Crippen LogP contribution in [0.5, 0.6) is 0 Å². The van der Waals surface area contributed by atoms with Crippen LogP contribution >= 0.6 is 0 Å². The van der Waals surface area contributed by atoms with E-state index in [4.69, 9.17) is 4.74 Å². The molecule has 0 aromatic heterocycles. The molecule has 180 valence electrons. The number of nitrogens with one attached hydrogen (secondary N) is 2. The molecule has 2 aliphatic rings. The van der Waals surface area contributed by atoms with Gasteiger partial charge in [0.15, 0.2) is 0 Å². The topological polar surface area (TPSA) is 105 Å². The van der Waals surface area contributed by atoms with Crippen molar-refractivity contribution in [3.05, 3.63) is 59.7 Å². The number of hydrogen-bond acceptors (Lipinski definition) is 4. The number of ether oxygens (including phenoxy) is 1. The maximum Gasteiger partial charge on any atom is 0.407 e. The van der Waals surface area contributed by atoms with Gasteiger partial charge in [0.2, 0.25) is 5.91 Å². The number of aliphatic carboxylic acids is 1. The van der Waals surface area contributed by atoms with Crippen molar-refractivity contribution in [2.45, 2.75) is 52.0 Å². The Balaban J connectivity index is 1.40. The molecule has 2 aliphatic carbocycles. The van der Waals surface area contributed by atoms with Gasteiger partial charge in [0.25, 0.3) is 0 Å². The van der Waals surface area contributed by atoms with Gasteiger partial charge in [0.1, 0.15) is 12.6 Å². The minimum atomic E-state index is -0.901. The number of carbonyl (C=O) groups is 3. The molecule has 0 bridgehead atoms. The summed E-state index contributed by atoms with van der Waals surface area (Å²) in [5.41, 5.74) is 3.01. The number of alkyl carbamates (subject to hydrolysis) is 1. The molecule has 0 aliphatic heterocycles. The maximum absolute atomic E-state index is 12.9. The van der Waals surface area contributed by atoms with Crippen LogP contribution in [0.4, 0.5) is 4.79 Å². The van der Waals surface area contributed by atoms with Crippen molar-refractivity contribution in [2.24, 2.45) is 10.8 Å². The van der Waals surface area contributed by atoms with Crippen molar-refractivity contribution in [2.75, 3.05) is 13.2 Å². The smallest absolute Gasteiger partial charge is 0.407 e. The molecule has 34 heavy (non-hydrogen) atoms. The van der Waals surface area contributed by atoms with Crippen LogP contribution in [0.1, 0.15) is 57.1 Å². The lowest BCUT2D eigenvalue weighted by Crippen LogP contribution is -2.56. The number of benzene rings is 2. The Bertz CT molecular complexity index is 1050. The summed E-state index contributed by atoms with van der Waals surface area (Å²) in [6, 6.07) is 15.3. The third-order valence-electron chi connectivity index (χ3n) is 7.10. The van der Waals surface area contributed by atoms with Crippen LogP contribution in [0.15, 0.2) is 48.5 Å². The summed E-state index contributed by atoms with van der Waals surface area (Å²) < 4.78 is 5.61. The molecular formula is C27H32N2O5. The first kappa shape index (κ1) is 23.8. The van der Waals surface area contributed by atoms with Gasteiger partial charge in [-0.05, 0) is 40.5 Å². The lowest BCUT2D eigenvalue weighted by atomic mass is 9.68. The van der Waals surface area contributed by atoms with Crippen LogP contribution in [-0.4, -0.2) is 42.3 Å². The SMILES string of the molecule is CC(C)(C)[C@@H](NC(=O)OCC1c2ccccc2-c2ccccc21)C(=O)NCC1(C(=O)O)CCC1. The summed E-state index contributed by atoms with van der Waals surface area (Å²) >= 11 is 0. The van der Waals surface area contributed by atoms with Crippen molar-refractivity contribution >= 4 is 18.0 Å². The van der Waals surface area contributed by atoms with Crippen molar-refractivity contribution in [3.63, 3.8) is 0 Å². The van der Waals surface area contributed by atoms with Gasteiger partial charge in [-0.3, -0.25) is 9.59 Å². The minimum absolute atomic E-state index is 0.0557. The zero-order valence-corrected chi connectivity index (χ0v) is 19.9. The molecule has 1 atom stereocenters. The molecule has 0 heterocycles. The third-order valence-corrected chi connectivity index (χ3v) is 7.10. The molecule has 2 aromatic carbocycles. The largest absolute Gasteiger partial charge is 0.481 e. The highest BCUT2D eigenvalue weighted by molar-refractivity contribution is 5.87. The number of rotatable bonds is 7. The molecular weight excluding hydrogens is 432 g/mol. The van der Waals surface area contributed by atoms with E-state index in [-0.39, 0.29) is 19.1 Å². The molecule has 1 fully saturated rings. The summed E-state index contributed by atoms with van der Waals surface area (Å²) in [5.74, 6) is -1.38. The van der Waals surface area contributed by atoms with E-state index < -0.39 is 34.8 Å². The second-order valence-electron chi connectivity index (χ2n) is 10.4. The summed E-state index contributed by atoms with van der Waals surface area (Å²) in [6.07, 6.45) is 1.25. The van der Waals surface area contributed by atoms with E-state index in [9.17, 15) is 19.5 Å². The second-order valence-corrected chi connectivity index (χ2v) is 10.4. The van der Waals surface area contributed by atoms with Crippen LogP contribution in [0.3, 0.4) is 0 Å². The molecule has 0 unspecified atom stereocenters. The fourth-order valence-corrected chi connectivity index (χ4v) is 4.86. The van der Waals surface area contributed by atoms with Gasteiger partial charge < -0.3 is 20.5 Å². The van der Waals surface area contributed by atoms with Gasteiger partial charge in [0, 0.05) is 12.5 Å². The Morgan fingerprint density at radius 2 is 1.59 bits per heavy atom. The lowest BCUT2D eigenvalue weighted by Gasteiger charge is -2.38. The highest BCUT2D eigenvalue weighted by atomic mass is 16.5. The zero-order valence-electron chi connectivity index (χ0n) is 19.9. The standard InChI is InChI=1S/C27H32N2O5/c1-26(2,3)22(23(30)28-16-27(24(31)32)13-8-14-27)29-25(33)34-15-21-19-11-6-4-9-17(19)18-10-5-7-12-20(18)21/h4-7,9-12,21-22H,8,13-16H2,1-3H3,(H,28,30)(H,29,33)(H,31,32)/t22-/m0/s1. The van der Waals surface area contributed by atoms with Crippen molar-refractivity contribution in [1.82, 2.24) is 10.6 Å². The van der Waals surface area contributed by atoms with E-state index >= 15 is 0 Å². The molecule has 0 saturated heterocycles. The predicted molar refractivity (Wildman–Crippen MR) is 128 cm³/mol. The number of carboxylic acid groups (broad SMARTS) is 1. The Hall–Kier alpha value is -3.35. The van der Waals surface area contributed by atoms with E-state index in [0.717, 1.165) is 28.7 Å². The first-order valence-electron chi connectivity index (χ1n) is 11.7. The Morgan fingerprint density at radius 3 is 2.06 bits per heavy atom. The monoisotopic (exact) mass is 464 g/mol. The molecule has 2 amide bonds. The fourth-order valence-electron chi connectivity index (χ4n) is 4.86. The Morgan fingerprint density at radius 1 is 1.03 bits per heavy atom. The maximum atomic E-state index is 12.9. The van der Waals surface area contributed by atoms with Crippen LogP contribution in [0.2, 0.25) is 0 Å². The number of fused-ring (bicyclic) bond motifs is 3. The van der Waals surface area contributed by atoms with Crippen molar-refractivity contribution in [3.8, 4) is 11.1 Å². The van der Waals surface area contributed by atoms with Crippen LogP contribution in [0.25, 0.3) is 11.1 Å². The van der Waals surface area contributed by atoms with Crippen LogP contribution in [-0.2, 0) is 14.3 Å². The highest BCUT2D eigenvalue weighted by Crippen LogP contribution is 2.44. The van der Waals surface area contributed by atoms with Crippen LogP contribution < -0.4 is 10.6 Å². The van der Waals surface area contributed by atoms with Crippen molar-refractivity contribution < 1.29 is 24.2 Å². The average molecular weight is 465 g/mol. The van der Waals surface area contributed by atoms with E-state index in [1.807, 2.05) is 57.2 Å². The van der Waals surface area contributed by atoms with Crippen LogP contribution in [0, 0.1) is 10.8 Å². The zero-order chi connectivity index (χ0) is 24.5. The molecule has 7 nitrogen and oxygen atoms in total. The molecule has 4 rings (SSSR count). The number of carboxylic acids is 1. The predicted octanol–water partition coefficient (Wildman–Crippen LogP) is 4.31. The number of carbonyl (C=O) groups excluding carboxylic acids is 2. The Kier molecular flexibility index (Phi) is 6.39. The summed E-state index contributed by atoms with van der Waals surface area (Å²) in [6.45, 7) is 5.74.